The first-order valence-corrected chi connectivity index (χ1v) is 7.49. The molecule has 0 unspecified atom stereocenters. The second-order valence-electron chi connectivity index (χ2n) is 5.86. The highest BCUT2D eigenvalue weighted by Crippen LogP contribution is 2.17. The SMILES string of the molecule is COc1ccccc1CN[C@@H](CC(C)C)C(=O)OC(C)C. The third-order valence-electron chi connectivity index (χ3n) is 3.07. The van der Waals surface area contributed by atoms with Crippen LogP contribution in [0.25, 0.3) is 0 Å². The van der Waals surface area contributed by atoms with Gasteiger partial charge in [-0.3, -0.25) is 4.79 Å². The molecule has 0 fully saturated rings. The van der Waals surface area contributed by atoms with Crippen molar-refractivity contribution in [2.45, 2.75) is 52.8 Å². The number of ether oxygens (including phenoxy) is 2. The molecule has 0 radical (unpaired) electrons. The van der Waals surface area contributed by atoms with Gasteiger partial charge in [0.1, 0.15) is 11.8 Å². The molecule has 4 nitrogen and oxygen atoms in total. The topological polar surface area (TPSA) is 47.6 Å². The Hall–Kier alpha value is -1.55. The van der Waals surface area contributed by atoms with Crippen LogP contribution in [0.1, 0.15) is 39.7 Å². The zero-order chi connectivity index (χ0) is 15.8. The van der Waals surface area contributed by atoms with E-state index < -0.39 is 0 Å². The summed E-state index contributed by atoms with van der Waals surface area (Å²) >= 11 is 0. The quantitative estimate of drug-likeness (QED) is 0.748. The van der Waals surface area contributed by atoms with Crippen molar-refractivity contribution in [3.05, 3.63) is 29.8 Å². The highest BCUT2D eigenvalue weighted by Gasteiger charge is 2.22. The predicted molar refractivity (Wildman–Crippen MR) is 84.3 cm³/mol. The van der Waals surface area contributed by atoms with Crippen LogP contribution in [0.2, 0.25) is 0 Å². The Morgan fingerprint density at radius 2 is 1.86 bits per heavy atom. The molecule has 0 heterocycles. The van der Waals surface area contributed by atoms with Crippen LogP contribution in [0.3, 0.4) is 0 Å². The van der Waals surface area contributed by atoms with Crippen molar-refractivity contribution in [1.29, 1.82) is 0 Å². The van der Waals surface area contributed by atoms with Crippen molar-refractivity contribution in [2.75, 3.05) is 7.11 Å². The number of nitrogens with one attached hydrogen (secondary N) is 1. The number of methoxy groups -OCH3 is 1. The summed E-state index contributed by atoms with van der Waals surface area (Å²) in [7, 11) is 1.65. The predicted octanol–water partition coefficient (Wildman–Crippen LogP) is 3.15. The van der Waals surface area contributed by atoms with E-state index in [9.17, 15) is 4.79 Å². The maximum atomic E-state index is 12.1. The van der Waals surface area contributed by atoms with Crippen LogP contribution in [0.5, 0.6) is 5.75 Å². The van der Waals surface area contributed by atoms with Crippen molar-refractivity contribution in [1.82, 2.24) is 5.32 Å². The molecule has 4 heteroatoms. The summed E-state index contributed by atoms with van der Waals surface area (Å²) in [4.78, 5) is 12.1. The van der Waals surface area contributed by atoms with E-state index in [2.05, 4.69) is 19.2 Å². The second-order valence-corrected chi connectivity index (χ2v) is 5.86. The van der Waals surface area contributed by atoms with Crippen LogP contribution < -0.4 is 10.1 Å². The van der Waals surface area contributed by atoms with Crippen molar-refractivity contribution < 1.29 is 14.3 Å². The first-order valence-electron chi connectivity index (χ1n) is 7.49. The van der Waals surface area contributed by atoms with E-state index in [4.69, 9.17) is 9.47 Å². The highest BCUT2D eigenvalue weighted by molar-refractivity contribution is 5.75. The molecule has 1 atom stereocenters. The first-order chi connectivity index (χ1) is 9.93. The number of hydrogen-bond donors (Lipinski definition) is 1. The Morgan fingerprint density at radius 3 is 2.43 bits per heavy atom. The number of carbonyl (C=O) groups is 1. The van der Waals surface area contributed by atoms with Gasteiger partial charge in [-0.2, -0.15) is 0 Å². The molecule has 118 valence electrons. The maximum absolute atomic E-state index is 12.1. The standard InChI is InChI=1S/C17H27NO3/c1-12(2)10-15(17(19)21-13(3)4)18-11-14-8-6-7-9-16(14)20-5/h6-9,12-13,15,18H,10-11H2,1-5H3/t15-/m0/s1. The molecule has 1 N–H and O–H groups in total. The van der Waals surface area contributed by atoms with E-state index in [0.717, 1.165) is 17.7 Å². The van der Waals surface area contributed by atoms with Gasteiger partial charge in [0, 0.05) is 12.1 Å². The highest BCUT2D eigenvalue weighted by atomic mass is 16.5. The van der Waals surface area contributed by atoms with E-state index in [1.807, 2.05) is 38.1 Å². The molecule has 0 aliphatic carbocycles. The third-order valence-corrected chi connectivity index (χ3v) is 3.07. The Morgan fingerprint density at radius 1 is 1.19 bits per heavy atom. The lowest BCUT2D eigenvalue weighted by Gasteiger charge is -2.21. The van der Waals surface area contributed by atoms with Gasteiger partial charge >= 0.3 is 5.97 Å². The average molecular weight is 293 g/mol. The zero-order valence-corrected chi connectivity index (χ0v) is 13.7. The van der Waals surface area contributed by atoms with Gasteiger partial charge in [0.2, 0.25) is 0 Å². The van der Waals surface area contributed by atoms with Crippen LogP contribution in [-0.2, 0) is 16.1 Å². The van der Waals surface area contributed by atoms with E-state index in [0.29, 0.717) is 12.5 Å². The van der Waals surface area contributed by atoms with E-state index in [1.54, 1.807) is 7.11 Å². The van der Waals surface area contributed by atoms with Crippen LogP contribution in [0.4, 0.5) is 0 Å². The Bertz CT molecular complexity index is 443. The molecule has 1 aromatic carbocycles. The fourth-order valence-electron chi connectivity index (χ4n) is 2.13. The maximum Gasteiger partial charge on any atom is 0.323 e. The molecule has 1 aromatic rings. The van der Waals surface area contributed by atoms with Gasteiger partial charge in [-0.15, -0.1) is 0 Å². The van der Waals surface area contributed by atoms with Gasteiger partial charge in [-0.1, -0.05) is 32.0 Å². The minimum Gasteiger partial charge on any atom is -0.496 e. The summed E-state index contributed by atoms with van der Waals surface area (Å²) in [6, 6.07) is 7.51. The number of benzene rings is 1. The average Bonchev–Trinajstić information content (AvgIpc) is 2.42. The van der Waals surface area contributed by atoms with E-state index in [1.165, 1.54) is 0 Å². The lowest BCUT2D eigenvalue weighted by Crippen LogP contribution is -2.39. The smallest absolute Gasteiger partial charge is 0.323 e. The molecule has 21 heavy (non-hydrogen) atoms. The largest absolute Gasteiger partial charge is 0.496 e. The fourth-order valence-corrected chi connectivity index (χ4v) is 2.13. The summed E-state index contributed by atoms with van der Waals surface area (Å²) in [6.45, 7) is 8.50. The third kappa shape index (κ3) is 6.17. The van der Waals surface area contributed by atoms with Crippen LogP contribution >= 0.6 is 0 Å². The number of esters is 1. The van der Waals surface area contributed by atoms with Crippen LogP contribution in [-0.4, -0.2) is 25.2 Å². The molecular formula is C17H27NO3. The molecular weight excluding hydrogens is 266 g/mol. The van der Waals surface area contributed by atoms with Gasteiger partial charge in [-0.05, 0) is 32.3 Å². The van der Waals surface area contributed by atoms with Gasteiger partial charge in [0.05, 0.1) is 13.2 Å². The van der Waals surface area contributed by atoms with Gasteiger partial charge < -0.3 is 14.8 Å². The molecule has 0 amide bonds. The number of hydrogen-bond acceptors (Lipinski definition) is 4. The van der Waals surface area contributed by atoms with Gasteiger partial charge in [-0.25, -0.2) is 0 Å². The minimum atomic E-state index is -0.294. The summed E-state index contributed by atoms with van der Waals surface area (Å²) in [5.74, 6) is 1.05. The van der Waals surface area contributed by atoms with Gasteiger partial charge in [0.15, 0.2) is 0 Å². The Balaban J connectivity index is 2.70. The van der Waals surface area contributed by atoms with E-state index in [-0.39, 0.29) is 18.1 Å². The number of para-hydroxylation sites is 1. The second kappa shape index (κ2) is 8.67. The van der Waals surface area contributed by atoms with E-state index >= 15 is 0 Å². The molecule has 0 aromatic heterocycles. The monoisotopic (exact) mass is 293 g/mol. The summed E-state index contributed by atoms with van der Waals surface area (Å²) in [6.07, 6.45) is 0.654. The van der Waals surface area contributed by atoms with Crippen molar-refractivity contribution in [3.8, 4) is 5.75 Å². The van der Waals surface area contributed by atoms with Gasteiger partial charge in [0.25, 0.3) is 0 Å². The van der Waals surface area contributed by atoms with Crippen molar-refractivity contribution >= 4 is 5.97 Å². The van der Waals surface area contributed by atoms with Crippen LogP contribution in [0.15, 0.2) is 24.3 Å². The molecule has 1 rings (SSSR count). The zero-order valence-electron chi connectivity index (χ0n) is 13.7. The summed E-state index contributed by atoms with van der Waals surface area (Å²) in [5, 5.41) is 3.29. The van der Waals surface area contributed by atoms with Crippen molar-refractivity contribution in [3.63, 3.8) is 0 Å². The molecule has 0 saturated heterocycles. The Kier molecular flexibility index (Phi) is 7.23. The number of carbonyl (C=O) groups excluding carboxylic acids is 1. The summed E-state index contributed by atoms with van der Waals surface area (Å²) < 4.78 is 10.7. The minimum absolute atomic E-state index is 0.0970. The Labute approximate surface area is 127 Å². The number of rotatable bonds is 8. The van der Waals surface area contributed by atoms with Crippen LogP contribution in [0, 0.1) is 5.92 Å². The first kappa shape index (κ1) is 17.5. The molecule has 0 saturated carbocycles. The normalized spacial score (nSPS) is 12.5. The molecule has 0 bridgehead atoms. The summed E-state index contributed by atoms with van der Waals surface area (Å²) in [5.41, 5.74) is 1.03. The lowest BCUT2D eigenvalue weighted by molar-refractivity contribution is -0.150. The fraction of sp³-hybridized carbons (Fsp3) is 0.588. The lowest BCUT2D eigenvalue weighted by atomic mass is 10.0. The molecule has 0 spiro atoms. The molecule has 0 aliphatic heterocycles. The van der Waals surface area contributed by atoms with Crippen molar-refractivity contribution in [2.24, 2.45) is 5.92 Å². The molecule has 0 aliphatic rings.